The van der Waals surface area contributed by atoms with Crippen LogP contribution in [0.5, 0.6) is 5.75 Å². The van der Waals surface area contributed by atoms with Crippen molar-refractivity contribution in [2.24, 2.45) is 0 Å². The SMILES string of the molecule is CC(COc1ccccc1C(F)(F)F)NC(=O)CNc1ccc(C#N)cc1. The molecule has 142 valence electrons. The Morgan fingerprint density at radius 1 is 1.19 bits per heavy atom. The normalized spacial score (nSPS) is 12.0. The minimum absolute atomic E-state index is 0.0185. The van der Waals surface area contributed by atoms with Crippen LogP contribution in [0, 0.1) is 11.3 Å². The number of hydrogen-bond acceptors (Lipinski definition) is 4. The third-order valence-electron chi connectivity index (χ3n) is 3.56. The fourth-order valence-electron chi connectivity index (χ4n) is 2.25. The van der Waals surface area contributed by atoms with Crippen molar-refractivity contribution in [3.63, 3.8) is 0 Å². The Labute approximate surface area is 154 Å². The van der Waals surface area contributed by atoms with Crippen molar-refractivity contribution in [2.75, 3.05) is 18.5 Å². The van der Waals surface area contributed by atoms with Crippen LogP contribution < -0.4 is 15.4 Å². The average molecular weight is 377 g/mol. The van der Waals surface area contributed by atoms with E-state index in [-0.39, 0.29) is 24.8 Å². The molecule has 0 saturated heterocycles. The first-order valence-electron chi connectivity index (χ1n) is 8.12. The van der Waals surface area contributed by atoms with Gasteiger partial charge in [0.25, 0.3) is 0 Å². The van der Waals surface area contributed by atoms with E-state index in [9.17, 15) is 18.0 Å². The van der Waals surface area contributed by atoms with Crippen LogP contribution >= 0.6 is 0 Å². The number of nitrogens with zero attached hydrogens (tertiary/aromatic N) is 1. The predicted octanol–water partition coefficient (Wildman–Crippen LogP) is 3.57. The number of amides is 1. The summed E-state index contributed by atoms with van der Waals surface area (Å²) in [5.74, 6) is -0.610. The number of anilines is 1. The van der Waals surface area contributed by atoms with Gasteiger partial charge in [-0.05, 0) is 43.3 Å². The number of nitriles is 1. The molecule has 1 atom stereocenters. The van der Waals surface area contributed by atoms with E-state index in [4.69, 9.17) is 10.00 Å². The number of ether oxygens (including phenoxy) is 1. The Morgan fingerprint density at radius 3 is 2.48 bits per heavy atom. The molecular formula is C19H18F3N3O2. The molecule has 0 heterocycles. The highest BCUT2D eigenvalue weighted by atomic mass is 19.4. The zero-order chi connectivity index (χ0) is 19.9. The second-order valence-corrected chi connectivity index (χ2v) is 5.82. The van der Waals surface area contributed by atoms with Crippen molar-refractivity contribution in [3.05, 3.63) is 59.7 Å². The highest BCUT2D eigenvalue weighted by molar-refractivity contribution is 5.80. The van der Waals surface area contributed by atoms with E-state index in [1.54, 1.807) is 31.2 Å². The lowest BCUT2D eigenvalue weighted by molar-refractivity contribution is -0.139. The number of para-hydroxylation sites is 1. The van der Waals surface area contributed by atoms with Crippen molar-refractivity contribution in [2.45, 2.75) is 19.1 Å². The van der Waals surface area contributed by atoms with Gasteiger partial charge in [0.1, 0.15) is 12.4 Å². The molecule has 8 heteroatoms. The van der Waals surface area contributed by atoms with Crippen LogP contribution in [0.1, 0.15) is 18.1 Å². The summed E-state index contributed by atoms with van der Waals surface area (Å²) in [6, 6.07) is 13.0. The van der Waals surface area contributed by atoms with E-state index >= 15 is 0 Å². The molecule has 0 aromatic heterocycles. The summed E-state index contributed by atoms with van der Waals surface area (Å²) in [4.78, 5) is 11.9. The van der Waals surface area contributed by atoms with Crippen LogP contribution in [0.15, 0.2) is 48.5 Å². The standard InChI is InChI=1S/C19H18F3N3O2/c1-13(12-27-17-5-3-2-4-16(17)19(20,21)22)25-18(26)11-24-15-8-6-14(10-23)7-9-15/h2-9,13,24H,11-12H2,1H3,(H,25,26). The smallest absolute Gasteiger partial charge is 0.419 e. The minimum Gasteiger partial charge on any atom is -0.491 e. The van der Waals surface area contributed by atoms with Crippen molar-refractivity contribution >= 4 is 11.6 Å². The fourth-order valence-corrected chi connectivity index (χ4v) is 2.25. The number of nitrogens with one attached hydrogen (secondary N) is 2. The van der Waals surface area contributed by atoms with Crippen LogP contribution in [0.3, 0.4) is 0 Å². The topological polar surface area (TPSA) is 74.2 Å². The van der Waals surface area contributed by atoms with Gasteiger partial charge in [0.15, 0.2) is 0 Å². The fraction of sp³-hybridized carbons (Fsp3) is 0.263. The molecular weight excluding hydrogens is 359 g/mol. The summed E-state index contributed by atoms with van der Waals surface area (Å²) in [6.07, 6.45) is -4.51. The quantitative estimate of drug-likeness (QED) is 0.774. The zero-order valence-electron chi connectivity index (χ0n) is 14.5. The van der Waals surface area contributed by atoms with Crippen molar-refractivity contribution in [1.82, 2.24) is 5.32 Å². The summed E-state index contributed by atoms with van der Waals surface area (Å²) >= 11 is 0. The number of carbonyl (C=O) groups is 1. The Morgan fingerprint density at radius 2 is 1.85 bits per heavy atom. The highest BCUT2D eigenvalue weighted by Crippen LogP contribution is 2.35. The molecule has 0 bridgehead atoms. The van der Waals surface area contributed by atoms with Gasteiger partial charge < -0.3 is 15.4 Å². The van der Waals surface area contributed by atoms with E-state index in [1.165, 1.54) is 18.2 Å². The van der Waals surface area contributed by atoms with Gasteiger partial charge in [-0.15, -0.1) is 0 Å². The lowest BCUT2D eigenvalue weighted by Gasteiger charge is -2.18. The number of rotatable bonds is 7. The van der Waals surface area contributed by atoms with Gasteiger partial charge in [-0.25, -0.2) is 0 Å². The molecule has 0 aliphatic rings. The molecule has 5 nitrogen and oxygen atoms in total. The largest absolute Gasteiger partial charge is 0.491 e. The molecule has 2 aromatic carbocycles. The van der Waals surface area contributed by atoms with Gasteiger partial charge in [0.2, 0.25) is 5.91 Å². The van der Waals surface area contributed by atoms with Crippen molar-refractivity contribution in [1.29, 1.82) is 5.26 Å². The molecule has 0 radical (unpaired) electrons. The van der Waals surface area contributed by atoms with Crippen LogP contribution in [0.25, 0.3) is 0 Å². The van der Waals surface area contributed by atoms with Crippen LogP contribution in [-0.2, 0) is 11.0 Å². The summed E-state index contributed by atoms with van der Waals surface area (Å²) in [5, 5.41) is 14.3. The van der Waals surface area contributed by atoms with Crippen LogP contribution in [0.2, 0.25) is 0 Å². The first-order valence-corrected chi connectivity index (χ1v) is 8.12. The Kier molecular flexibility index (Phi) is 6.66. The molecule has 2 aromatic rings. The van der Waals surface area contributed by atoms with Gasteiger partial charge in [0.05, 0.1) is 29.8 Å². The van der Waals surface area contributed by atoms with Gasteiger partial charge in [-0.2, -0.15) is 18.4 Å². The minimum atomic E-state index is -4.51. The molecule has 0 aliphatic carbocycles. The van der Waals surface area contributed by atoms with Crippen molar-refractivity contribution < 1.29 is 22.7 Å². The van der Waals surface area contributed by atoms with E-state index in [0.29, 0.717) is 11.3 Å². The maximum Gasteiger partial charge on any atom is 0.419 e. The first kappa shape index (κ1) is 20.1. The number of alkyl halides is 3. The maximum atomic E-state index is 12.9. The monoisotopic (exact) mass is 377 g/mol. The first-order chi connectivity index (χ1) is 12.8. The molecule has 0 aliphatic heterocycles. The lowest BCUT2D eigenvalue weighted by atomic mass is 10.2. The third-order valence-corrected chi connectivity index (χ3v) is 3.56. The number of benzene rings is 2. The highest BCUT2D eigenvalue weighted by Gasteiger charge is 2.34. The molecule has 0 fully saturated rings. The molecule has 0 spiro atoms. The average Bonchev–Trinajstić information content (AvgIpc) is 2.64. The maximum absolute atomic E-state index is 12.9. The second-order valence-electron chi connectivity index (χ2n) is 5.82. The summed E-state index contributed by atoms with van der Waals surface area (Å²) in [7, 11) is 0. The molecule has 27 heavy (non-hydrogen) atoms. The Hall–Kier alpha value is -3.21. The number of carbonyl (C=O) groups excluding carboxylic acids is 1. The summed E-state index contributed by atoms with van der Waals surface area (Å²) < 4.78 is 44.0. The van der Waals surface area contributed by atoms with E-state index in [2.05, 4.69) is 10.6 Å². The van der Waals surface area contributed by atoms with Crippen LogP contribution in [0.4, 0.5) is 18.9 Å². The van der Waals surface area contributed by atoms with E-state index < -0.39 is 17.8 Å². The van der Waals surface area contributed by atoms with Gasteiger partial charge >= 0.3 is 6.18 Å². The summed E-state index contributed by atoms with van der Waals surface area (Å²) in [6.45, 7) is 1.51. The van der Waals surface area contributed by atoms with Gasteiger partial charge in [-0.1, -0.05) is 12.1 Å². The van der Waals surface area contributed by atoms with Crippen LogP contribution in [-0.4, -0.2) is 25.1 Å². The summed E-state index contributed by atoms with van der Waals surface area (Å²) in [5.41, 5.74) is 0.327. The number of halogens is 3. The lowest BCUT2D eigenvalue weighted by Crippen LogP contribution is -2.40. The number of hydrogen-bond donors (Lipinski definition) is 2. The van der Waals surface area contributed by atoms with E-state index in [0.717, 1.165) is 6.07 Å². The second kappa shape index (κ2) is 8.94. The van der Waals surface area contributed by atoms with Gasteiger partial charge in [-0.3, -0.25) is 4.79 Å². The Balaban J connectivity index is 1.81. The molecule has 2 N–H and O–H groups in total. The van der Waals surface area contributed by atoms with E-state index in [1.807, 2.05) is 6.07 Å². The van der Waals surface area contributed by atoms with Gasteiger partial charge in [0, 0.05) is 5.69 Å². The molecule has 1 amide bonds. The predicted molar refractivity (Wildman–Crippen MR) is 94.2 cm³/mol. The molecule has 0 saturated carbocycles. The van der Waals surface area contributed by atoms with Crippen molar-refractivity contribution in [3.8, 4) is 11.8 Å². The third kappa shape index (κ3) is 6.22. The molecule has 1 unspecified atom stereocenters. The molecule has 2 rings (SSSR count). The zero-order valence-corrected chi connectivity index (χ0v) is 14.5. The Bertz CT molecular complexity index is 814.